The summed E-state index contributed by atoms with van der Waals surface area (Å²) in [5.74, 6) is -0.225. The van der Waals surface area contributed by atoms with E-state index in [2.05, 4.69) is 10.5 Å². The van der Waals surface area contributed by atoms with E-state index in [1.54, 1.807) is 39.0 Å². The van der Waals surface area contributed by atoms with Gasteiger partial charge in [-0.15, -0.1) is 0 Å². The molecule has 10 heteroatoms. The number of hydrogen-bond acceptors (Lipinski definition) is 6. The van der Waals surface area contributed by atoms with Gasteiger partial charge in [0.05, 0.1) is 17.4 Å². The number of aryl methyl sites for hydroxylation is 1. The van der Waals surface area contributed by atoms with Gasteiger partial charge < -0.3 is 14.7 Å². The molecule has 162 valence electrons. The highest BCUT2D eigenvalue weighted by molar-refractivity contribution is 7.89. The smallest absolute Gasteiger partial charge is 0.243 e. The molecule has 1 fully saturated rings. The zero-order chi connectivity index (χ0) is 21.9. The molecule has 0 saturated carbocycles. The van der Waals surface area contributed by atoms with Crippen molar-refractivity contribution in [3.05, 3.63) is 41.8 Å². The molecule has 1 aromatic carbocycles. The lowest BCUT2D eigenvalue weighted by Crippen LogP contribution is -2.32. The van der Waals surface area contributed by atoms with E-state index in [1.807, 2.05) is 0 Å². The molecule has 1 aromatic heterocycles. The molecule has 2 amide bonds. The standard InChI is InChI=1S/C20H26N4O5S/c1-4-23(5-2)30(27,28)18-8-6-17(7-9-18)24-13-15(11-19(24)25)20(26)21-12-16-10-14(3)29-22-16/h6-10,15H,4-5,11-13H2,1-3H3,(H,21,26). The van der Waals surface area contributed by atoms with Crippen molar-refractivity contribution in [3.63, 3.8) is 0 Å². The number of rotatable bonds is 8. The largest absolute Gasteiger partial charge is 0.361 e. The molecule has 1 atom stereocenters. The molecule has 9 nitrogen and oxygen atoms in total. The minimum Gasteiger partial charge on any atom is -0.361 e. The Kier molecular flexibility index (Phi) is 6.57. The number of hydrogen-bond donors (Lipinski definition) is 1. The minimum atomic E-state index is -3.56. The van der Waals surface area contributed by atoms with Gasteiger partial charge in [0, 0.05) is 37.8 Å². The fourth-order valence-electron chi connectivity index (χ4n) is 3.47. The monoisotopic (exact) mass is 434 g/mol. The summed E-state index contributed by atoms with van der Waals surface area (Å²) < 4.78 is 31.5. The Morgan fingerprint density at radius 2 is 1.93 bits per heavy atom. The average Bonchev–Trinajstić information content (AvgIpc) is 3.32. The number of nitrogens with one attached hydrogen (secondary N) is 1. The first-order chi connectivity index (χ1) is 14.3. The van der Waals surface area contributed by atoms with Crippen molar-refractivity contribution < 1.29 is 22.5 Å². The number of aromatic nitrogens is 1. The van der Waals surface area contributed by atoms with E-state index < -0.39 is 15.9 Å². The molecule has 1 N–H and O–H groups in total. The van der Waals surface area contributed by atoms with Crippen LogP contribution in [0.25, 0.3) is 0 Å². The third kappa shape index (κ3) is 4.54. The van der Waals surface area contributed by atoms with Crippen LogP contribution in [-0.4, -0.2) is 49.3 Å². The molecular formula is C20H26N4O5S. The van der Waals surface area contributed by atoms with Gasteiger partial charge in [0.2, 0.25) is 21.8 Å². The predicted molar refractivity (Wildman–Crippen MR) is 110 cm³/mol. The Labute approximate surface area is 176 Å². The Morgan fingerprint density at radius 3 is 2.50 bits per heavy atom. The Balaban J connectivity index is 1.65. The van der Waals surface area contributed by atoms with Crippen LogP contribution in [0.15, 0.2) is 39.8 Å². The summed E-state index contributed by atoms with van der Waals surface area (Å²) in [4.78, 5) is 26.6. The molecule has 0 spiro atoms. The molecule has 0 aliphatic carbocycles. The lowest BCUT2D eigenvalue weighted by Gasteiger charge is -2.20. The average molecular weight is 435 g/mol. The fraction of sp³-hybridized carbons (Fsp3) is 0.450. The fourth-order valence-corrected chi connectivity index (χ4v) is 4.92. The highest BCUT2D eigenvalue weighted by Gasteiger charge is 2.35. The lowest BCUT2D eigenvalue weighted by molar-refractivity contribution is -0.126. The van der Waals surface area contributed by atoms with Gasteiger partial charge in [0.25, 0.3) is 0 Å². The molecule has 2 heterocycles. The van der Waals surface area contributed by atoms with Gasteiger partial charge in [-0.1, -0.05) is 19.0 Å². The first-order valence-electron chi connectivity index (χ1n) is 9.86. The van der Waals surface area contributed by atoms with E-state index in [1.165, 1.54) is 21.3 Å². The Bertz CT molecular complexity index is 1010. The van der Waals surface area contributed by atoms with E-state index in [4.69, 9.17) is 4.52 Å². The van der Waals surface area contributed by atoms with Crippen LogP contribution in [0.4, 0.5) is 5.69 Å². The summed E-state index contributed by atoms with van der Waals surface area (Å²) in [6.45, 7) is 6.58. The van der Waals surface area contributed by atoms with Gasteiger partial charge in [-0.25, -0.2) is 8.42 Å². The van der Waals surface area contributed by atoms with Crippen molar-refractivity contribution >= 4 is 27.5 Å². The summed E-state index contributed by atoms with van der Waals surface area (Å²) in [7, 11) is -3.56. The number of nitrogens with zero attached hydrogens (tertiary/aromatic N) is 3. The molecule has 1 unspecified atom stereocenters. The highest BCUT2D eigenvalue weighted by Crippen LogP contribution is 2.27. The molecule has 1 aliphatic heterocycles. The van der Waals surface area contributed by atoms with Crippen LogP contribution in [0, 0.1) is 12.8 Å². The zero-order valence-electron chi connectivity index (χ0n) is 17.3. The van der Waals surface area contributed by atoms with Gasteiger partial charge in [-0.05, 0) is 31.2 Å². The molecule has 2 aromatic rings. The van der Waals surface area contributed by atoms with Gasteiger partial charge in [0.15, 0.2) is 0 Å². The maximum Gasteiger partial charge on any atom is 0.243 e. The van der Waals surface area contributed by atoms with E-state index >= 15 is 0 Å². The van der Waals surface area contributed by atoms with Crippen molar-refractivity contribution in [1.82, 2.24) is 14.8 Å². The van der Waals surface area contributed by atoms with Crippen LogP contribution >= 0.6 is 0 Å². The van der Waals surface area contributed by atoms with E-state index in [0.29, 0.717) is 30.2 Å². The van der Waals surface area contributed by atoms with Crippen LogP contribution in [0.1, 0.15) is 31.7 Å². The molecule has 0 bridgehead atoms. The second-order valence-electron chi connectivity index (χ2n) is 7.14. The summed E-state index contributed by atoms with van der Waals surface area (Å²) in [5.41, 5.74) is 1.19. The van der Waals surface area contributed by atoms with Crippen LogP contribution in [0.2, 0.25) is 0 Å². The van der Waals surface area contributed by atoms with Crippen molar-refractivity contribution in [2.75, 3.05) is 24.5 Å². The quantitative estimate of drug-likeness (QED) is 0.676. The van der Waals surface area contributed by atoms with Gasteiger partial charge in [-0.3, -0.25) is 9.59 Å². The van der Waals surface area contributed by atoms with Crippen molar-refractivity contribution in [2.45, 2.75) is 38.6 Å². The predicted octanol–water partition coefficient (Wildman–Crippen LogP) is 1.68. The number of benzene rings is 1. The van der Waals surface area contributed by atoms with Crippen LogP contribution in [0.5, 0.6) is 0 Å². The molecule has 0 radical (unpaired) electrons. The first-order valence-corrected chi connectivity index (χ1v) is 11.3. The van der Waals surface area contributed by atoms with Crippen molar-refractivity contribution in [2.24, 2.45) is 5.92 Å². The second-order valence-corrected chi connectivity index (χ2v) is 9.07. The van der Waals surface area contributed by atoms with Gasteiger partial charge in [-0.2, -0.15) is 4.31 Å². The maximum absolute atomic E-state index is 12.6. The highest BCUT2D eigenvalue weighted by atomic mass is 32.2. The third-order valence-corrected chi connectivity index (χ3v) is 7.17. The molecule has 1 saturated heterocycles. The van der Waals surface area contributed by atoms with E-state index in [-0.39, 0.29) is 36.2 Å². The van der Waals surface area contributed by atoms with Crippen molar-refractivity contribution in [1.29, 1.82) is 0 Å². The topological polar surface area (TPSA) is 113 Å². The zero-order valence-corrected chi connectivity index (χ0v) is 18.1. The summed E-state index contributed by atoms with van der Waals surface area (Å²) in [5, 5.41) is 6.60. The van der Waals surface area contributed by atoms with Crippen LogP contribution < -0.4 is 10.2 Å². The van der Waals surface area contributed by atoms with Gasteiger partial charge in [0.1, 0.15) is 11.5 Å². The van der Waals surface area contributed by atoms with Crippen LogP contribution in [0.3, 0.4) is 0 Å². The molecule has 1 aliphatic rings. The lowest BCUT2D eigenvalue weighted by atomic mass is 10.1. The van der Waals surface area contributed by atoms with E-state index in [9.17, 15) is 18.0 Å². The molecule has 30 heavy (non-hydrogen) atoms. The van der Waals surface area contributed by atoms with Gasteiger partial charge >= 0.3 is 0 Å². The number of amides is 2. The number of carbonyl (C=O) groups is 2. The minimum absolute atomic E-state index is 0.100. The maximum atomic E-state index is 12.6. The summed E-state index contributed by atoms with van der Waals surface area (Å²) in [6.07, 6.45) is 0.100. The Hall–Kier alpha value is -2.72. The summed E-state index contributed by atoms with van der Waals surface area (Å²) >= 11 is 0. The van der Waals surface area contributed by atoms with Crippen molar-refractivity contribution in [3.8, 4) is 0 Å². The normalized spacial score (nSPS) is 17.0. The number of carbonyl (C=O) groups excluding carboxylic acids is 2. The molecular weight excluding hydrogens is 408 g/mol. The number of anilines is 1. The molecule has 3 rings (SSSR count). The number of sulfonamides is 1. The van der Waals surface area contributed by atoms with E-state index in [0.717, 1.165) is 0 Å². The first kappa shape index (κ1) is 22.0. The second kappa shape index (κ2) is 8.97. The third-order valence-electron chi connectivity index (χ3n) is 5.11. The van der Waals surface area contributed by atoms with Crippen LogP contribution in [-0.2, 0) is 26.2 Å². The SMILES string of the molecule is CCN(CC)S(=O)(=O)c1ccc(N2CC(C(=O)NCc3cc(C)on3)CC2=O)cc1. The summed E-state index contributed by atoms with van der Waals surface area (Å²) in [6, 6.07) is 7.94. The Morgan fingerprint density at radius 1 is 1.27 bits per heavy atom.